The Balaban J connectivity index is 1.88. The van der Waals surface area contributed by atoms with Crippen molar-refractivity contribution in [1.29, 1.82) is 0 Å². The molecule has 1 fully saturated rings. The predicted octanol–water partition coefficient (Wildman–Crippen LogP) is 3.15. The molecular weight excluding hydrogens is 538 g/mol. The molecule has 1 amide bonds. The first-order valence-corrected chi connectivity index (χ1v) is 14.3. The van der Waals surface area contributed by atoms with Crippen molar-refractivity contribution in [2.45, 2.75) is 56.4 Å². The Morgan fingerprint density at radius 2 is 1.85 bits per heavy atom. The first-order valence-electron chi connectivity index (χ1n) is 12.4. The summed E-state index contributed by atoms with van der Waals surface area (Å²) in [5.74, 6) is 5.87. The molecule has 0 radical (unpaired) electrons. The summed E-state index contributed by atoms with van der Waals surface area (Å²) < 4.78 is 41.1. The van der Waals surface area contributed by atoms with Crippen LogP contribution in [0.25, 0.3) is 0 Å². The minimum atomic E-state index is -4.07. The lowest BCUT2D eigenvalue weighted by Gasteiger charge is -2.48. The summed E-state index contributed by atoms with van der Waals surface area (Å²) in [6.07, 6.45) is -0.658. The van der Waals surface area contributed by atoms with Crippen molar-refractivity contribution in [3.05, 3.63) is 60.2 Å². The zero-order valence-electron chi connectivity index (χ0n) is 22.8. The molecule has 1 saturated heterocycles. The van der Waals surface area contributed by atoms with E-state index in [9.17, 15) is 13.2 Å². The lowest BCUT2D eigenvalue weighted by atomic mass is 9.95. The highest BCUT2D eigenvalue weighted by Crippen LogP contribution is 2.34. The summed E-state index contributed by atoms with van der Waals surface area (Å²) in [7, 11) is -0.783. The highest BCUT2D eigenvalue weighted by atomic mass is 32.2. The van der Waals surface area contributed by atoms with Gasteiger partial charge >= 0.3 is 0 Å². The van der Waals surface area contributed by atoms with Crippen molar-refractivity contribution in [3.8, 4) is 17.6 Å². The van der Waals surface area contributed by atoms with Gasteiger partial charge in [-0.3, -0.25) is 15.1 Å². The molecule has 0 unspecified atom stereocenters. The number of hydrogen-bond acceptors (Lipinski definition) is 7. The fraction of sp³-hybridized carbons (Fsp3) is 0.429. The number of thiocarbonyl (C=S) groups is 1. The van der Waals surface area contributed by atoms with Gasteiger partial charge in [0.2, 0.25) is 15.9 Å². The average molecular weight is 574 g/mol. The standard InChI is InChI=1S/C28H35N3O6S2/c1-6-7-17-35-22-13-15-24(16-14-22)39(33,34)31-19-23(18-25(32)30(4)5)37-28(2,3)26(31)27(38)29-36-20-21-11-9-8-10-12-21/h8-16,23,26H,17-20H2,1-5H3,(H,29,38)/t23-,26+/m0/s1. The first-order chi connectivity index (χ1) is 18.5. The zero-order valence-corrected chi connectivity index (χ0v) is 24.5. The second-order valence-corrected chi connectivity index (χ2v) is 12.1. The Labute approximate surface area is 236 Å². The van der Waals surface area contributed by atoms with Crippen LogP contribution in [0.3, 0.4) is 0 Å². The molecule has 2 aromatic carbocycles. The maximum Gasteiger partial charge on any atom is 0.243 e. The van der Waals surface area contributed by atoms with Crippen LogP contribution >= 0.6 is 12.2 Å². The van der Waals surface area contributed by atoms with Gasteiger partial charge < -0.3 is 14.4 Å². The summed E-state index contributed by atoms with van der Waals surface area (Å²) in [6, 6.07) is 14.7. The molecule has 0 aliphatic carbocycles. The number of benzene rings is 2. The molecule has 1 heterocycles. The van der Waals surface area contributed by atoms with E-state index in [1.54, 1.807) is 47.0 Å². The van der Waals surface area contributed by atoms with Gasteiger partial charge in [0.15, 0.2) is 0 Å². The van der Waals surface area contributed by atoms with E-state index in [-0.39, 0.29) is 42.0 Å². The van der Waals surface area contributed by atoms with E-state index < -0.39 is 27.8 Å². The van der Waals surface area contributed by atoms with Crippen LogP contribution in [0.15, 0.2) is 59.5 Å². The summed E-state index contributed by atoms with van der Waals surface area (Å²) in [5, 5.41) is 0. The van der Waals surface area contributed by atoms with Gasteiger partial charge in [-0.25, -0.2) is 8.42 Å². The number of hydroxylamine groups is 1. The third kappa shape index (κ3) is 8.00. The number of hydrogen-bond donors (Lipinski definition) is 1. The molecule has 39 heavy (non-hydrogen) atoms. The average Bonchev–Trinajstić information content (AvgIpc) is 2.88. The van der Waals surface area contributed by atoms with Gasteiger partial charge in [0, 0.05) is 20.6 Å². The van der Waals surface area contributed by atoms with Gasteiger partial charge in [0.1, 0.15) is 23.4 Å². The normalized spacial score (nSPS) is 18.9. The second kappa shape index (κ2) is 13.4. The quantitative estimate of drug-likeness (QED) is 0.263. The van der Waals surface area contributed by atoms with E-state index in [0.717, 1.165) is 5.56 Å². The molecule has 2 aromatic rings. The van der Waals surface area contributed by atoms with E-state index >= 15 is 0 Å². The monoisotopic (exact) mass is 573 g/mol. The third-order valence-corrected chi connectivity index (χ3v) is 8.27. The molecule has 1 aliphatic rings. The van der Waals surface area contributed by atoms with Crippen molar-refractivity contribution >= 4 is 33.1 Å². The zero-order chi connectivity index (χ0) is 28.6. The minimum absolute atomic E-state index is 0.0190. The number of ether oxygens (including phenoxy) is 2. The Hall–Kier alpha value is -3.01. The van der Waals surface area contributed by atoms with Gasteiger partial charge in [-0.05, 0) is 50.6 Å². The van der Waals surface area contributed by atoms with Gasteiger partial charge in [0.05, 0.1) is 29.6 Å². The highest BCUT2D eigenvalue weighted by molar-refractivity contribution is 7.89. The lowest BCUT2D eigenvalue weighted by molar-refractivity contribution is -0.151. The smallest absolute Gasteiger partial charge is 0.243 e. The first kappa shape index (κ1) is 30.5. The van der Waals surface area contributed by atoms with E-state index in [2.05, 4.69) is 17.3 Å². The fourth-order valence-electron chi connectivity index (χ4n) is 4.21. The van der Waals surface area contributed by atoms with E-state index in [4.69, 9.17) is 26.5 Å². The maximum atomic E-state index is 14.0. The lowest BCUT2D eigenvalue weighted by Crippen LogP contribution is -2.66. The van der Waals surface area contributed by atoms with Crippen molar-refractivity contribution in [3.63, 3.8) is 0 Å². The van der Waals surface area contributed by atoms with Crippen LogP contribution in [-0.4, -0.2) is 73.5 Å². The number of carbonyl (C=O) groups is 1. The SMILES string of the molecule is CC#CCOc1ccc(S(=O)(=O)N2C[C@H](CC(=O)N(C)C)OC(C)(C)[C@H]2C(=S)NOCc2ccccc2)cc1. The fourth-order valence-corrected chi connectivity index (χ4v) is 6.49. The highest BCUT2D eigenvalue weighted by Gasteiger charge is 2.50. The summed E-state index contributed by atoms with van der Waals surface area (Å²) in [6.45, 7) is 5.58. The molecule has 2 atom stereocenters. The Bertz CT molecular complexity index is 1300. The van der Waals surface area contributed by atoms with E-state index in [0.29, 0.717) is 5.75 Å². The minimum Gasteiger partial charge on any atom is -0.481 e. The molecule has 1 N–H and O–H groups in total. The largest absolute Gasteiger partial charge is 0.481 e. The van der Waals surface area contributed by atoms with Crippen LogP contribution in [0.4, 0.5) is 0 Å². The molecule has 210 valence electrons. The summed E-state index contributed by atoms with van der Waals surface area (Å²) in [4.78, 5) is 19.8. The van der Waals surface area contributed by atoms with Crippen LogP contribution in [-0.2, 0) is 31.0 Å². The number of nitrogens with zero attached hydrogens (tertiary/aromatic N) is 2. The van der Waals surface area contributed by atoms with Gasteiger partial charge in [-0.1, -0.05) is 48.5 Å². The number of morpholine rings is 1. The van der Waals surface area contributed by atoms with Gasteiger partial charge in [-0.2, -0.15) is 4.31 Å². The Morgan fingerprint density at radius 1 is 1.18 bits per heavy atom. The summed E-state index contributed by atoms with van der Waals surface area (Å²) >= 11 is 5.65. The van der Waals surface area contributed by atoms with Crippen molar-refractivity contribution in [2.75, 3.05) is 27.2 Å². The molecule has 0 saturated carbocycles. The molecule has 0 aromatic heterocycles. The third-order valence-electron chi connectivity index (χ3n) is 6.12. The number of carbonyl (C=O) groups excluding carboxylic acids is 1. The number of nitrogens with one attached hydrogen (secondary N) is 1. The molecule has 11 heteroatoms. The number of amides is 1. The number of sulfonamides is 1. The van der Waals surface area contributed by atoms with Crippen LogP contribution in [0, 0.1) is 11.8 Å². The maximum absolute atomic E-state index is 14.0. The molecular formula is C28H35N3O6S2. The van der Waals surface area contributed by atoms with Crippen LogP contribution in [0.5, 0.6) is 5.75 Å². The van der Waals surface area contributed by atoms with E-state index in [1.165, 1.54) is 21.3 Å². The van der Waals surface area contributed by atoms with E-state index in [1.807, 2.05) is 30.3 Å². The topological polar surface area (TPSA) is 97.4 Å². The molecule has 3 rings (SSSR count). The van der Waals surface area contributed by atoms with Crippen LogP contribution in [0.2, 0.25) is 0 Å². The Kier molecular flexibility index (Phi) is 10.5. The van der Waals surface area contributed by atoms with Crippen molar-refractivity contribution in [2.24, 2.45) is 0 Å². The molecule has 1 aliphatic heterocycles. The van der Waals surface area contributed by atoms with Crippen molar-refractivity contribution < 1.29 is 27.5 Å². The Morgan fingerprint density at radius 3 is 2.46 bits per heavy atom. The van der Waals surface area contributed by atoms with Gasteiger partial charge in [0.25, 0.3) is 0 Å². The second-order valence-electron chi connectivity index (χ2n) is 9.74. The molecule has 0 spiro atoms. The number of rotatable bonds is 10. The van der Waals surface area contributed by atoms with Gasteiger partial charge in [-0.15, -0.1) is 5.92 Å². The molecule has 0 bridgehead atoms. The van der Waals surface area contributed by atoms with Crippen LogP contribution < -0.4 is 10.2 Å². The summed E-state index contributed by atoms with van der Waals surface area (Å²) in [5.41, 5.74) is 2.60. The molecule has 9 nitrogen and oxygen atoms in total. The van der Waals surface area contributed by atoms with Crippen molar-refractivity contribution in [1.82, 2.24) is 14.7 Å². The predicted molar refractivity (Wildman–Crippen MR) is 152 cm³/mol. The van der Waals surface area contributed by atoms with Crippen LogP contribution in [0.1, 0.15) is 32.8 Å².